The monoisotopic (exact) mass is 338 g/mol. The summed E-state index contributed by atoms with van der Waals surface area (Å²) < 4.78 is 16.3. The lowest BCUT2D eigenvalue weighted by molar-refractivity contribution is -0.0481. The Morgan fingerprint density at radius 2 is 1.87 bits per heavy atom. The van der Waals surface area contributed by atoms with E-state index in [-0.39, 0.29) is 12.2 Å². The van der Waals surface area contributed by atoms with Crippen molar-refractivity contribution in [3.05, 3.63) is 23.8 Å². The predicted octanol–water partition coefficient (Wildman–Crippen LogP) is 2.23. The molecule has 1 aliphatic rings. The van der Waals surface area contributed by atoms with E-state index in [1.165, 1.54) is 5.56 Å². The Bertz CT molecular complexity index is 529. The topological polar surface area (TPSA) is 43.0 Å². The summed E-state index contributed by atoms with van der Waals surface area (Å²) in [5.41, 5.74) is 1.18. The second kappa shape index (κ2) is 8.36. The molecule has 1 aromatic rings. The Labute approximate surface area is 143 Å². The first-order valence-electron chi connectivity index (χ1n) is 7.92. The maximum atomic E-state index is 5.73. The summed E-state index contributed by atoms with van der Waals surface area (Å²) in [5, 5.41) is 4.14. The molecule has 23 heavy (non-hydrogen) atoms. The van der Waals surface area contributed by atoms with E-state index < -0.39 is 0 Å². The van der Waals surface area contributed by atoms with Crippen LogP contribution < -0.4 is 14.8 Å². The van der Waals surface area contributed by atoms with Crippen LogP contribution in [0.3, 0.4) is 0 Å². The van der Waals surface area contributed by atoms with E-state index in [1.54, 1.807) is 14.2 Å². The average molecular weight is 338 g/mol. The fraction of sp³-hybridized carbons (Fsp3) is 0.588. The summed E-state index contributed by atoms with van der Waals surface area (Å²) in [6, 6.07) is 5.98. The maximum Gasteiger partial charge on any atom is 0.169 e. The number of rotatable bonds is 5. The SMILES string of the molecule is COc1ccc(CCNC(=S)N2C[C@@H](C)O[C@H](C)C2)cc1OC. The number of benzene rings is 1. The molecule has 1 aliphatic heterocycles. The van der Waals surface area contributed by atoms with Crippen molar-refractivity contribution in [3.63, 3.8) is 0 Å². The standard InChI is InChI=1S/C17H26N2O3S/c1-12-10-19(11-13(2)22-12)17(23)18-8-7-14-5-6-15(20-3)16(9-14)21-4/h5-6,9,12-13H,7-8,10-11H2,1-4H3,(H,18,23)/t12-,13-/m1/s1. The lowest BCUT2D eigenvalue weighted by Gasteiger charge is -2.37. The molecule has 5 nitrogen and oxygen atoms in total. The second-order valence-corrected chi connectivity index (χ2v) is 6.22. The van der Waals surface area contributed by atoms with Gasteiger partial charge in [-0.2, -0.15) is 0 Å². The number of nitrogens with one attached hydrogen (secondary N) is 1. The number of morpholine rings is 1. The highest BCUT2D eigenvalue weighted by Crippen LogP contribution is 2.27. The van der Waals surface area contributed by atoms with Crippen molar-refractivity contribution in [2.24, 2.45) is 0 Å². The molecular weight excluding hydrogens is 312 g/mol. The summed E-state index contributed by atoms with van der Waals surface area (Å²) in [6.45, 7) is 6.62. The van der Waals surface area contributed by atoms with Crippen molar-refractivity contribution in [1.29, 1.82) is 0 Å². The Kier molecular flexibility index (Phi) is 6.47. The van der Waals surface area contributed by atoms with Crippen LogP contribution in [0.15, 0.2) is 18.2 Å². The molecule has 6 heteroatoms. The molecule has 0 aliphatic carbocycles. The van der Waals surface area contributed by atoms with Gasteiger partial charge in [0.15, 0.2) is 16.6 Å². The van der Waals surface area contributed by atoms with Crippen LogP contribution in [-0.4, -0.2) is 56.1 Å². The van der Waals surface area contributed by atoms with Crippen molar-refractivity contribution >= 4 is 17.3 Å². The van der Waals surface area contributed by atoms with Gasteiger partial charge in [0, 0.05) is 19.6 Å². The highest BCUT2D eigenvalue weighted by atomic mass is 32.1. The third-order valence-electron chi connectivity index (χ3n) is 3.84. The minimum atomic E-state index is 0.212. The van der Waals surface area contributed by atoms with Gasteiger partial charge in [0.2, 0.25) is 0 Å². The molecule has 0 bridgehead atoms. The Balaban J connectivity index is 1.83. The summed E-state index contributed by atoms with van der Waals surface area (Å²) in [4.78, 5) is 2.18. The first-order valence-corrected chi connectivity index (χ1v) is 8.33. The number of thiocarbonyl (C=S) groups is 1. The van der Waals surface area contributed by atoms with Gasteiger partial charge in [-0.05, 0) is 50.2 Å². The van der Waals surface area contributed by atoms with Crippen LogP contribution in [0, 0.1) is 0 Å². The third kappa shape index (κ3) is 4.97. The Morgan fingerprint density at radius 3 is 2.48 bits per heavy atom. The van der Waals surface area contributed by atoms with Crippen molar-refractivity contribution in [3.8, 4) is 11.5 Å². The number of nitrogens with zero attached hydrogens (tertiary/aromatic N) is 1. The molecule has 2 atom stereocenters. The van der Waals surface area contributed by atoms with E-state index >= 15 is 0 Å². The van der Waals surface area contributed by atoms with Crippen LogP contribution in [0.1, 0.15) is 19.4 Å². The molecule has 1 fully saturated rings. The van der Waals surface area contributed by atoms with E-state index in [0.29, 0.717) is 0 Å². The summed E-state index contributed by atoms with van der Waals surface area (Å²) in [5.74, 6) is 1.50. The molecule has 0 aromatic heterocycles. The van der Waals surface area contributed by atoms with Gasteiger partial charge in [0.25, 0.3) is 0 Å². The number of ether oxygens (including phenoxy) is 3. The third-order valence-corrected chi connectivity index (χ3v) is 4.25. The molecule has 0 amide bonds. The summed E-state index contributed by atoms with van der Waals surface area (Å²) in [7, 11) is 3.29. The summed E-state index contributed by atoms with van der Waals surface area (Å²) in [6.07, 6.45) is 1.30. The van der Waals surface area contributed by atoms with Crippen LogP contribution in [0.2, 0.25) is 0 Å². The van der Waals surface area contributed by atoms with E-state index in [4.69, 9.17) is 26.4 Å². The smallest absolute Gasteiger partial charge is 0.169 e. The lowest BCUT2D eigenvalue weighted by Crippen LogP contribution is -2.51. The number of hydrogen-bond acceptors (Lipinski definition) is 4. The molecule has 1 aromatic carbocycles. The molecule has 1 saturated heterocycles. The molecule has 0 radical (unpaired) electrons. The van der Waals surface area contributed by atoms with Gasteiger partial charge in [-0.25, -0.2) is 0 Å². The quantitative estimate of drug-likeness (QED) is 0.831. The largest absolute Gasteiger partial charge is 0.493 e. The zero-order chi connectivity index (χ0) is 16.8. The molecule has 0 saturated carbocycles. The van der Waals surface area contributed by atoms with Gasteiger partial charge in [-0.1, -0.05) is 6.07 Å². The highest BCUT2D eigenvalue weighted by Gasteiger charge is 2.23. The fourth-order valence-corrected chi connectivity index (χ4v) is 3.06. The molecule has 0 unspecified atom stereocenters. The number of hydrogen-bond donors (Lipinski definition) is 1. The number of methoxy groups -OCH3 is 2. The summed E-state index contributed by atoms with van der Waals surface area (Å²) >= 11 is 5.50. The van der Waals surface area contributed by atoms with Crippen molar-refractivity contribution < 1.29 is 14.2 Å². The predicted molar refractivity (Wildman–Crippen MR) is 95.4 cm³/mol. The minimum absolute atomic E-state index is 0.212. The molecule has 2 rings (SSSR count). The normalized spacial score (nSPS) is 21.0. The molecule has 1 heterocycles. The average Bonchev–Trinajstić information content (AvgIpc) is 2.53. The van der Waals surface area contributed by atoms with Gasteiger partial charge in [0.05, 0.1) is 26.4 Å². The van der Waals surface area contributed by atoms with Crippen LogP contribution >= 0.6 is 12.2 Å². The van der Waals surface area contributed by atoms with Crippen molar-refractivity contribution in [2.75, 3.05) is 33.9 Å². The molecule has 128 valence electrons. The zero-order valence-electron chi connectivity index (χ0n) is 14.3. The van der Waals surface area contributed by atoms with Gasteiger partial charge in [0.1, 0.15) is 0 Å². The van der Waals surface area contributed by atoms with E-state index in [2.05, 4.69) is 24.1 Å². The first kappa shape index (κ1) is 17.8. The zero-order valence-corrected chi connectivity index (χ0v) is 15.1. The van der Waals surface area contributed by atoms with Crippen LogP contribution in [0.5, 0.6) is 11.5 Å². The highest BCUT2D eigenvalue weighted by molar-refractivity contribution is 7.80. The van der Waals surface area contributed by atoms with Gasteiger partial charge < -0.3 is 24.4 Å². The van der Waals surface area contributed by atoms with Crippen LogP contribution in [0.4, 0.5) is 0 Å². The Hall–Kier alpha value is -1.53. The van der Waals surface area contributed by atoms with E-state index in [1.807, 2.05) is 18.2 Å². The van der Waals surface area contributed by atoms with Crippen molar-refractivity contribution in [2.45, 2.75) is 32.5 Å². The molecule has 1 N–H and O–H groups in total. The Morgan fingerprint density at radius 1 is 1.22 bits per heavy atom. The maximum absolute atomic E-state index is 5.73. The van der Waals surface area contributed by atoms with E-state index in [9.17, 15) is 0 Å². The van der Waals surface area contributed by atoms with E-state index in [0.717, 1.165) is 42.7 Å². The second-order valence-electron chi connectivity index (χ2n) is 5.83. The van der Waals surface area contributed by atoms with Gasteiger partial charge in [-0.3, -0.25) is 0 Å². The van der Waals surface area contributed by atoms with Crippen LogP contribution in [-0.2, 0) is 11.2 Å². The van der Waals surface area contributed by atoms with Crippen LogP contribution in [0.25, 0.3) is 0 Å². The van der Waals surface area contributed by atoms with Crippen molar-refractivity contribution in [1.82, 2.24) is 10.2 Å². The minimum Gasteiger partial charge on any atom is -0.493 e. The first-order chi connectivity index (χ1) is 11.0. The van der Waals surface area contributed by atoms with Gasteiger partial charge in [-0.15, -0.1) is 0 Å². The lowest BCUT2D eigenvalue weighted by atomic mass is 10.1. The molecular formula is C17H26N2O3S. The van der Waals surface area contributed by atoms with Gasteiger partial charge >= 0.3 is 0 Å². The molecule has 0 spiro atoms. The fourth-order valence-electron chi connectivity index (χ4n) is 2.81.